The van der Waals surface area contributed by atoms with Gasteiger partial charge in [-0.05, 0) is 79.2 Å². The van der Waals surface area contributed by atoms with Gasteiger partial charge in [-0.25, -0.2) is 0 Å². The zero-order valence-corrected chi connectivity index (χ0v) is 28.0. The molecule has 49 heavy (non-hydrogen) atoms. The van der Waals surface area contributed by atoms with Crippen LogP contribution in [-0.4, -0.2) is 50.3 Å². The van der Waals surface area contributed by atoms with Crippen LogP contribution < -0.4 is 9.80 Å². The summed E-state index contributed by atoms with van der Waals surface area (Å²) in [5, 5.41) is 17.2. The van der Waals surface area contributed by atoms with Gasteiger partial charge >= 0.3 is 11.9 Å². The molecule has 10 nitrogen and oxygen atoms in total. The van der Waals surface area contributed by atoms with Gasteiger partial charge in [-0.15, -0.1) is 0 Å². The van der Waals surface area contributed by atoms with Crippen LogP contribution in [0.25, 0.3) is 0 Å². The van der Waals surface area contributed by atoms with Crippen LogP contribution in [-0.2, 0) is 19.1 Å². The Labute approximate surface area is 287 Å². The smallest absolute Gasteiger partial charge is 0.309 e. The van der Waals surface area contributed by atoms with E-state index in [-0.39, 0.29) is 24.1 Å². The summed E-state index contributed by atoms with van der Waals surface area (Å²) in [6, 6.07) is 35.0. The average molecular weight is 659 g/mol. The van der Waals surface area contributed by atoms with Gasteiger partial charge in [0.15, 0.2) is 0 Å². The van der Waals surface area contributed by atoms with E-state index in [0.29, 0.717) is 19.5 Å². The summed E-state index contributed by atoms with van der Waals surface area (Å²) >= 11 is 0. The summed E-state index contributed by atoms with van der Waals surface area (Å²) < 4.78 is 11.7. The third kappa shape index (κ3) is 9.37. The van der Waals surface area contributed by atoms with Crippen LogP contribution in [0.4, 0.5) is 34.1 Å². The Hall–Kier alpha value is -5.38. The number of hydrogen-bond acceptors (Lipinski definition) is 10. The van der Waals surface area contributed by atoms with Crippen molar-refractivity contribution < 1.29 is 19.1 Å². The molecule has 0 N–H and O–H groups in total. The quantitative estimate of drug-likeness (QED) is 0.111. The number of carbonyl (C=O) groups excluding carboxylic acids is 2. The molecule has 4 aromatic rings. The van der Waals surface area contributed by atoms with Crippen molar-refractivity contribution in [2.24, 2.45) is 32.3 Å². The van der Waals surface area contributed by atoms with Crippen LogP contribution in [0, 0.1) is 11.8 Å². The van der Waals surface area contributed by atoms with Gasteiger partial charge in [0.05, 0.1) is 47.7 Å². The highest BCUT2D eigenvalue weighted by atomic mass is 16.5. The lowest BCUT2D eigenvalue weighted by Crippen LogP contribution is -2.30. The van der Waals surface area contributed by atoms with Crippen molar-refractivity contribution in [3.63, 3.8) is 0 Å². The number of benzene rings is 4. The van der Waals surface area contributed by atoms with Gasteiger partial charge < -0.3 is 19.3 Å². The number of rotatable bonds is 12. The summed E-state index contributed by atoms with van der Waals surface area (Å²) in [6.45, 7) is 6.48. The van der Waals surface area contributed by atoms with E-state index in [1.807, 2.05) is 123 Å². The van der Waals surface area contributed by atoms with Crippen molar-refractivity contribution in [3.05, 3.63) is 109 Å². The Morgan fingerprint density at radius 3 is 1.29 bits per heavy atom. The first-order valence-electron chi connectivity index (χ1n) is 16.9. The van der Waals surface area contributed by atoms with Gasteiger partial charge in [-0.1, -0.05) is 50.2 Å². The highest BCUT2D eigenvalue weighted by Gasteiger charge is 2.31. The van der Waals surface area contributed by atoms with Crippen molar-refractivity contribution in [1.82, 2.24) is 0 Å². The van der Waals surface area contributed by atoms with Crippen molar-refractivity contribution in [2.75, 3.05) is 36.0 Å². The third-order valence-electron chi connectivity index (χ3n) is 8.87. The molecule has 0 saturated carbocycles. The number of anilines is 2. The first kappa shape index (κ1) is 33.5. The molecule has 0 bridgehead atoms. The molecule has 2 saturated heterocycles. The van der Waals surface area contributed by atoms with Gasteiger partial charge in [0.1, 0.15) is 12.2 Å². The predicted molar refractivity (Wildman–Crippen MR) is 190 cm³/mol. The molecule has 4 aromatic carbocycles. The molecular formula is C39H42N6O4. The SMILES string of the molecule is C[C@H](C[C@@H](C)C(=O)O[C@H]1CCN(c2ccc(N=Nc3ccccc3)cc2)C1)C(=O)O[C@H]1CCN(c2ccc(N=Nc3ccccc3)cc2)C1. The fourth-order valence-electron chi connectivity index (χ4n) is 6.08. The molecule has 2 heterocycles. The zero-order valence-electron chi connectivity index (χ0n) is 28.0. The molecule has 0 unspecified atom stereocenters. The molecule has 0 radical (unpaired) electrons. The standard InChI is InChI=1S/C39H42N6O4/c1-28(38(46)48-36-21-23-44(26-36)34-17-13-32(14-18-34)42-40-30-9-5-3-6-10-30)25-29(2)39(47)49-37-22-24-45(27-37)35-19-15-33(16-20-35)43-41-31-11-7-4-8-12-31/h3-20,28-29,36-37H,21-27H2,1-2H3/t28-,29-,36+,37+/m1/s1. The van der Waals surface area contributed by atoms with Crippen molar-refractivity contribution in [1.29, 1.82) is 0 Å². The molecule has 6 rings (SSSR count). The highest BCUT2D eigenvalue weighted by molar-refractivity contribution is 5.76. The molecule has 0 aromatic heterocycles. The Balaban J connectivity index is 0.907. The Morgan fingerprint density at radius 2 is 0.918 bits per heavy atom. The summed E-state index contributed by atoms with van der Waals surface area (Å²) in [5.41, 5.74) is 5.26. The summed E-state index contributed by atoms with van der Waals surface area (Å²) in [6.07, 6.45) is 1.50. The minimum atomic E-state index is -0.413. The Morgan fingerprint density at radius 1 is 0.571 bits per heavy atom. The zero-order chi connectivity index (χ0) is 34.0. The lowest BCUT2D eigenvalue weighted by atomic mass is 9.97. The normalized spacial score (nSPS) is 19.0. The average Bonchev–Trinajstić information content (AvgIpc) is 3.81. The first-order chi connectivity index (χ1) is 23.9. The van der Waals surface area contributed by atoms with Crippen LogP contribution in [0.1, 0.15) is 33.1 Å². The van der Waals surface area contributed by atoms with Crippen molar-refractivity contribution in [3.8, 4) is 0 Å². The molecule has 2 aliphatic rings. The Kier molecular flexibility index (Phi) is 11.0. The molecule has 0 amide bonds. The third-order valence-corrected chi connectivity index (χ3v) is 8.87. The fraction of sp³-hybridized carbons (Fsp3) is 0.333. The molecule has 4 atom stereocenters. The predicted octanol–water partition coefficient (Wildman–Crippen LogP) is 9.12. The molecule has 0 spiro atoms. The van der Waals surface area contributed by atoms with Crippen LogP contribution in [0.3, 0.4) is 0 Å². The maximum absolute atomic E-state index is 13.0. The van der Waals surface area contributed by atoms with Gasteiger partial charge in [0.2, 0.25) is 0 Å². The topological polar surface area (TPSA) is 109 Å². The van der Waals surface area contributed by atoms with E-state index in [9.17, 15) is 9.59 Å². The van der Waals surface area contributed by atoms with E-state index in [4.69, 9.17) is 9.47 Å². The van der Waals surface area contributed by atoms with E-state index in [1.54, 1.807) is 0 Å². The fourth-order valence-corrected chi connectivity index (χ4v) is 6.08. The van der Waals surface area contributed by atoms with Crippen LogP contribution >= 0.6 is 0 Å². The number of hydrogen-bond donors (Lipinski definition) is 0. The molecule has 10 heteroatoms. The Bertz CT molecular complexity index is 1600. The second-order valence-electron chi connectivity index (χ2n) is 12.7. The van der Waals surface area contributed by atoms with E-state index in [1.165, 1.54) is 0 Å². The highest BCUT2D eigenvalue weighted by Crippen LogP contribution is 2.28. The number of carbonyl (C=O) groups is 2. The molecular weight excluding hydrogens is 616 g/mol. The second kappa shape index (κ2) is 16.1. The molecule has 252 valence electrons. The van der Waals surface area contributed by atoms with Gasteiger partial charge in [0, 0.05) is 37.3 Å². The van der Waals surface area contributed by atoms with E-state index >= 15 is 0 Å². The lowest BCUT2D eigenvalue weighted by Gasteiger charge is -2.22. The monoisotopic (exact) mass is 658 g/mol. The number of nitrogens with zero attached hydrogens (tertiary/aromatic N) is 6. The lowest BCUT2D eigenvalue weighted by molar-refractivity contribution is -0.156. The van der Waals surface area contributed by atoms with Crippen LogP contribution in [0.5, 0.6) is 0 Å². The summed E-state index contributed by atoms with van der Waals surface area (Å²) in [7, 11) is 0. The van der Waals surface area contributed by atoms with E-state index in [2.05, 4.69) is 30.3 Å². The molecule has 0 aliphatic carbocycles. The number of ether oxygens (including phenoxy) is 2. The van der Waals surface area contributed by atoms with Crippen molar-refractivity contribution in [2.45, 2.75) is 45.3 Å². The molecule has 2 fully saturated rings. The number of azo groups is 2. The maximum atomic E-state index is 13.0. The summed E-state index contributed by atoms with van der Waals surface area (Å²) in [4.78, 5) is 30.4. The second-order valence-corrected chi connectivity index (χ2v) is 12.7. The van der Waals surface area contributed by atoms with Crippen LogP contribution in [0.2, 0.25) is 0 Å². The van der Waals surface area contributed by atoms with Crippen molar-refractivity contribution >= 4 is 46.1 Å². The largest absolute Gasteiger partial charge is 0.460 e. The number of esters is 2. The van der Waals surface area contributed by atoms with E-state index < -0.39 is 11.8 Å². The van der Waals surface area contributed by atoms with Crippen LogP contribution in [0.15, 0.2) is 130 Å². The van der Waals surface area contributed by atoms with Gasteiger partial charge in [-0.2, -0.15) is 20.5 Å². The van der Waals surface area contributed by atoms with Gasteiger partial charge in [-0.3, -0.25) is 9.59 Å². The minimum absolute atomic E-state index is 0.194. The maximum Gasteiger partial charge on any atom is 0.309 e. The summed E-state index contributed by atoms with van der Waals surface area (Å²) in [5.74, 6) is -1.38. The molecule has 2 aliphatic heterocycles. The first-order valence-corrected chi connectivity index (χ1v) is 16.9. The minimum Gasteiger partial charge on any atom is -0.460 e. The van der Waals surface area contributed by atoms with Gasteiger partial charge in [0.25, 0.3) is 0 Å². The van der Waals surface area contributed by atoms with E-state index in [0.717, 1.165) is 60.1 Å².